The number of hydrogen-bond acceptors (Lipinski definition) is 1. The van der Waals surface area contributed by atoms with E-state index in [2.05, 4.69) is 22.6 Å². The molecule has 1 aromatic carbocycles. The fraction of sp³-hybridized carbons (Fsp3) is 0.125. The molecule has 0 aliphatic carbocycles. The van der Waals surface area contributed by atoms with Crippen molar-refractivity contribution < 1.29 is 9.90 Å². The highest BCUT2D eigenvalue weighted by Gasteiger charge is 2.06. The van der Waals surface area contributed by atoms with E-state index in [0.717, 1.165) is 9.99 Å². The number of alkyl halides is 1. The second kappa shape index (κ2) is 3.71. The molecule has 0 amide bonds. The van der Waals surface area contributed by atoms with Gasteiger partial charge in [-0.25, -0.2) is 4.79 Å². The number of carboxylic acid groups (broad SMARTS) is 1. The Labute approximate surface area is 78.4 Å². The molecule has 0 spiro atoms. The fourth-order valence-electron chi connectivity index (χ4n) is 0.845. The zero-order chi connectivity index (χ0) is 8.27. The van der Waals surface area contributed by atoms with Crippen LogP contribution in [-0.4, -0.2) is 11.1 Å². The molecule has 0 heterocycles. The number of carbonyl (C=O) groups is 1. The van der Waals surface area contributed by atoms with Crippen molar-refractivity contribution in [1.82, 2.24) is 0 Å². The zero-order valence-corrected chi connectivity index (χ0v) is 7.91. The van der Waals surface area contributed by atoms with Crippen LogP contribution < -0.4 is 0 Å². The van der Waals surface area contributed by atoms with E-state index in [0.29, 0.717) is 5.56 Å². The quantitative estimate of drug-likeness (QED) is 0.656. The second-order valence-corrected chi connectivity index (χ2v) is 2.86. The fourth-order valence-corrected chi connectivity index (χ4v) is 1.51. The van der Waals surface area contributed by atoms with Gasteiger partial charge in [-0.1, -0.05) is 40.8 Å². The first-order valence-corrected chi connectivity index (χ1v) is 4.65. The van der Waals surface area contributed by atoms with Crippen molar-refractivity contribution in [3.63, 3.8) is 0 Å². The zero-order valence-electron chi connectivity index (χ0n) is 5.75. The van der Waals surface area contributed by atoms with Crippen molar-refractivity contribution >= 4 is 28.6 Å². The molecule has 0 aliphatic heterocycles. The molecular formula is C8H7IO2. The smallest absolute Gasteiger partial charge is 0.335 e. The third kappa shape index (κ3) is 1.92. The third-order valence-corrected chi connectivity index (χ3v) is 2.21. The molecule has 1 rings (SSSR count). The minimum Gasteiger partial charge on any atom is -0.478 e. The van der Waals surface area contributed by atoms with E-state index in [1.165, 1.54) is 0 Å². The van der Waals surface area contributed by atoms with E-state index < -0.39 is 5.97 Å². The summed E-state index contributed by atoms with van der Waals surface area (Å²) in [6.45, 7) is 0. The van der Waals surface area contributed by atoms with Gasteiger partial charge in [-0.3, -0.25) is 0 Å². The summed E-state index contributed by atoms with van der Waals surface area (Å²) in [4.78, 5) is 10.6. The number of rotatable bonds is 2. The topological polar surface area (TPSA) is 37.3 Å². The summed E-state index contributed by atoms with van der Waals surface area (Å²) in [6.07, 6.45) is 0. The SMILES string of the molecule is O=C(O)c1ccccc1CI. The summed E-state index contributed by atoms with van der Waals surface area (Å²) in [7, 11) is 0. The molecule has 0 aliphatic rings. The van der Waals surface area contributed by atoms with Crippen molar-refractivity contribution in [1.29, 1.82) is 0 Å². The van der Waals surface area contributed by atoms with Gasteiger partial charge in [-0.2, -0.15) is 0 Å². The first-order chi connectivity index (χ1) is 5.25. The molecule has 0 aromatic heterocycles. The number of hydrogen-bond donors (Lipinski definition) is 1. The standard InChI is InChI=1S/C8H7IO2/c9-5-6-3-1-2-4-7(6)8(10)11/h1-4H,5H2,(H,10,11). The van der Waals surface area contributed by atoms with Crippen LogP contribution in [0.15, 0.2) is 24.3 Å². The van der Waals surface area contributed by atoms with Gasteiger partial charge in [-0.05, 0) is 11.6 Å². The predicted molar refractivity (Wildman–Crippen MR) is 51.1 cm³/mol. The monoisotopic (exact) mass is 262 g/mol. The normalized spacial score (nSPS) is 9.55. The Morgan fingerprint density at radius 2 is 2.09 bits per heavy atom. The maximum Gasteiger partial charge on any atom is 0.335 e. The Balaban J connectivity index is 3.12. The Hall–Kier alpha value is -0.580. The summed E-state index contributed by atoms with van der Waals surface area (Å²) >= 11 is 2.15. The minimum absolute atomic E-state index is 0.405. The predicted octanol–water partition coefficient (Wildman–Crippen LogP) is 2.32. The summed E-state index contributed by atoms with van der Waals surface area (Å²) in [6, 6.07) is 7.03. The molecule has 0 unspecified atom stereocenters. The number of halogens is 1. The lowest BCUT2D eigenvalue weighted by Gasteiger charge is -1.99. The summed E-state index contributed by atoms with van der Waals surface area (Å²) in [5.41, 5.74) is 1.28. The average Bonchev–Trinajstić information content (AvgIpc) is 2.04. The van der Waals surface area contributed by atoms with Crippen LogP contribution in [0.1, 0.15) is 15.9 Å². The van der Waals surface area contributed by atoms with Gasteiger partial charge in [0.2, 0.25) is 0 Å². The number of aromatic carboxylic acids is 1. The van der Waals surface area contributed by atoms with Crippen LogP contribution in [0, 0.1) is 0 Å². The molecule has 0 saturated heterocycles. The van der Waals surface area contributed by atoms with Crippen LogP contribution in [0.5, 0.6) is 0 Å². The van der Waals surface area contributed by atoms with Gasteiger partial charge in [0.05, 0.1) is 5.56 Å². The van der Waals surface area contributed by atoms with E-state index in [1.54, 1.807) is 12.1 Å². The van der Waals surface area contributed by atoms with Gasteiger partial charge in [0.15, 0.2) is 0 Å². The third-order valence-electron chi connectivity index (χ3n) is 1.39. The number of benzene rings is 1. The second-order valence-electron chi connectivity index (χ2n) is 2.10. The molecule has 0 atom stereocenters. The Bertz CT molecular complexity index is 271. The lowest BCUT2D eigenvalue weighted by molar-refractivity contribution is 0.0696. The molecule has 11 heavy (non-hydrogen) atoms. The molecule has 3 heteroatoms. The van der Waals surface area contributed by atoms with E-state index >= 15 is 0 Å². The largest absolute Gasteiger partial charge is 0.478 e. The Kier molecular flexibility index (Phi) is 2.87. The maximum absolute atomic E-state index is 10.6. The van der Waals surface area contributed by atoms with Gasteiger partial charge in [-0.15, -0.1) is 0 Å². The molecule has 0 saturated carbocycles. The summed E-state index contributed by atoms with van der Waals surface area (Å²) in [5, 5.41) is 8.69. The molecule has 2 nitrogen and oxygen atoms in total. The molecule has 0 radical (unpaired) electrons. The number of carboxylic acids is 1. The van der Waals surface area contributed by atoms with Crippen molar-refractivity contribution in [3.8, 4) is 0 Å². The van der Waals surface area contributed by atoms with Crippen LogP contribution in [0.3, 0.4) is 0 Å². The highest BCUT2D eigenvalue weighted by Crippen LogP contribution is 2.11. The maximum atomic E-state index is 10.6. The van der Waals surface area contributed by atoms with E-state index in [9.17, 15) is 4.79 Å². The Morgan fingerprint density at radius 3 is 2.55 bits per heavy atom. The first-order valence-electron chi connectivity index (χ1n) is 3.13. The van der Waals surface area contributed by atoms with Crippen LogP contribution in [0.4, 0.5) is 0 Å². The van der Waals surface area contributed by atoms with E-state index in [-0.39, 0.29) is 0 Å². The van der Waals surface area contributed by atoms with Crippen molar-refractivity contribution in [3.05, 3.63) is 35.4 Å². The van der Waals surface area contributed by atoms with E-state index in [1.807, 2.05) is 12.1 Å². The van der Waals surface area contributed by atoms with Gasteiger partial charge in [0.1, 0.15) is 0 Å². The molecule has 0 fully saturated rings. The summed E-state index contributed by atoms with van der Waals surface area (Å²) in [5.74, 6) is -0.850. The van der Waals surface area contributed by atoms with Crippen LogP contribution in [0.2, 0.25) is 0 Å². The van der Waals surface area contributed by atoms with Crippen molar-refractivity contribution in [2.45, 2.75) is 4.43 Å². The van der Waals surface area contributed by atoms with E-state index in [4.69, 9.17) is 5.11 Å². The molecule has 1 N–H and O–H groups in total. The van der Waals surface area contributed by atoms with Crippen LogP contribution in [0.25, 0.3) is 0 Å². The summed E-state index contributed by atoms with van der Waals surface area (Å²) < 4.78 is 0.736. The Morgan fingerprint density at radius 1 is 1.45 bits per heavy atom. The van der Waals surface area contributed by atoms with Crippen LogP contribution in [-0.2, 0) is 4.43 Å². The molecular weight excluding hydrogens is 255 g/mol. The lowest BCUT2D eigenvalue weighted by atomic mass is 10.1. The van der Waals surface area contributed by atoms with Crippen molar-refractivity contribution in [2.24, 2.45) is 0 Å². The first kappa shape index (κ1) is 8.52. The molecule has 58 valence electrons. The van der Waals surface area contributed by atoms with Gasteiger partial charge in [0.25, 0.3) is 0 Å². The van der Waals surface area contributed by atoms with Crippen molar-refractivity contribution in [2.75, 3.05) is 0 Å². The highest BCUT2D eigenvalue weighted by molar-refractivity contribution is 14.1. The van der Waals surface area contributed by atoms with Gasteiger partial charge >= 0.3 is 5.97 Å². The molecule has 1 aromatic rings. The average molecular weight is 262 g/mol. The molecule has 0 bridgehead atoms. The van der Waals surface area contributed by atoms with Crippen LogP contribution >= 0.6 is 22.6 Å². The lowest BCUT2D eigenvalue weighted by Crippen LogP contribution is -1.99. The van der Waals surface area contributed by atoms with Gasteiger partial charge < -0.3 is 5.11 Å². The minimum atomic E-state index is -0.850. The highest BCUT2D eigenvalue weighted by atomic mass is 127. The van der Waals surface area contributed by atoms with Gasteiger partial charge in [0, 0.05) is 4.43 Å².